The molecule has 128 valence electrons. The van der Waals surface area contributed by atoms with Crippen LogP contribution in [0.15, 0.2) is 53.4 Å². The molecule has 0 atom stereocenters. The molecule has 2 aromatic carbocycles. The molecule has 0 aromatic heterocycles. The number of hydrogen-bond acceptors (Lipinski definition) is 3. The summed E-state index contributed by atoms with van der Waals surface area (Å²) >= 11 is 0. The van der Waals surface area contributed by atoms with E-state index in [2.05, 4.69) is 16.5 Å². The van der Waals surface area contributed by atoms with Gasteiger partial charge in [0, 0.05) is 24.5 Å². The van der Waals surface area contributed by atoms with E-state index in [9.17, 15) is 8.42 Å². The number of hydrogen-bond donors (Lipinski definition) is 1. The molecule has 0 unspecified atom stereocenters. The van der Waals surface area contributed by atoms with Gasteiger partial charge in [0.2, 0.25) is 0 Å². The molecular formula is C19H24N2O2S. The summed E-state index contributed by atoms with van der Waals surface area (Å²) in [4.78, 5) is 2.65. The van der Waals surface area contributed by atoms with E-state index in [0.717, 1.165) is 30.3 Å². The number of nitrogens with one attached hydrogen (secondary N) is 1. The third-order valence-electron chi connectivity index (χ3n) is 4.57. The van der Waals surface area contributed by atoms with E-state index >= 15 is 0 Å². The van der Waals surface area contributed by atoms with Crippen molar-refractivity contribution in [3.8, 4) is 0 Å². The van der Waals surface area contributed by atoms with Gasteiger partial charge in [-0.3, -0.25) is 4.72 Å². The van der Waals surface area contributed by atoms with Crippen LogP contribution in [-0.4, -0.2) is 21.5 Å². The fourth-order valence-corrected chi connectivity index (χ4v) is 4.17. The average Bonchev–Trinajstić information content (AvgIpc) is 2.56. The van der Waals surface area contributed by atoms with Crippen molar-refractivity contribution in [2.45, 2.75) is 31.6 Å². The summed E-state index contributed by atoms with van der Waals surface area (Å²) in [5, 5.41) is 0. The molecule has 4 nitrogen and oxygen atoms in total. The maximum absolute atomic E-state index is 12.5. The quantitative estimate of drug-likeness (QED) is 0.911. The molecule has 1 aliphatic heterocycles. The second-order valence-electron chi connectivity index (χ2n) is 6.64. The molecule has 0 radical (unpaired) electrons. The summed E-state index contributed by atoms with van der Waals surface area (Å²) in [6.45, 7) is 6.30. The van der Waals surface area contributed by atoms with Crippen molar-refractivity contribution in [1.82, 2.24) is 0 Å². The minimum atomic E-state index is -3.54. The van der Waals surface area contributed by atoms with Gasteiger partial charge >= 0.3 is 0 Å². The summed E-state index contributed by atoms with van der Waals surface area (Å²) in [5.74, 6) is 0.793. The van der Waals surface area contributed by atoms with Crippen molar-refractivity contribution in [1.29, 1.82) is 0 Å². The Morgan fingerprint density at radius 1 is 1.04 bits per heavy atom. The van der Waals surface area contributed by atoms with Gasteiger partial charge in [0.05, 0.1) is 4.90 Å². The zero-order valence-corrected chi connectivity index (χ0v) is 15.0. The largest absolute Gasteiger partial charge is 0.372 e. The molecule has 0 bridgehead atoms. The van der Waals surface area contributed by atoms with Crippen LogP contribution in [0.2, 0.25) is 0 Å². The molecule has 0 aliphatic carbocycles. The molecular weight excluding hydrogens is 320 g/mol. The lowest BCUT2D eigenvalue weighted by atomic mass is 9.99. The molecule has 0 saturated carbocycles. The number of piperidine rings is 1. The van der Waals surface area contributed by atoms with Gasteiger partial charge < -0.3 is 4.90 Å². The lowest BCUT2D eigenvalue weighted by Crippen LogP contribution is -2.32. The zero-order chi connectivity index (χ0) is 17.2. The highest BCUT2D eigenvalue weighted by molar-refractivity contribution is 7.92. The second-order valence-corrected chi connectivity index (χ2v) is 8.32. The Morgan fingerprint density at radius 2 is 1.71 bits per heavy atom. The predicted molar refractivity (Wildman–Crippen MR) is 99.0 cm³/mol. The molecule has 1 aliphatic rings. The van der Waals surface area contributed by atoms with E-state index in [1.165, 1.54) is 12.8 Å². The Morgan fingerprint density at radius 3 is 2.33 bits per heavy atom. The lowest BCUT2D eigenvalue weighted by molar-refractivity contribution is 0.438. The molecule has 0 amide bonds. The molecule has 2 aromatic rings. The maximum Gasteiger partial charge on any atom is 0.261 e. The van der Waals surface area contributed by atoms with Gasteiger partial charge in [0.15, 0.2) is 0 Å². The Kier molecular flexibility index (Phi) is 4.81. The average molecular weight is 344 g/mol. The Balaban J connectivity index is 1.72. The van der Waals surface area contributed by atoms with Gasteiger partial charge in [-0.15, -0.1) is 0 Å². The number of nitrogens with zero attached hydrogens (tertiary/aromatic N) is 1. The van der Waals surface area contributed by atoms with Crippen molar-refractivity contribution in [3.63, 3.8) is 0 Å². The fraction of sp³-hybridized carbons (Fsp3) is 0.368. The van der Waals surface area contributed by atoms with Crippen LogP contribution in [0.5, 0.6) is 0 Å². The molecule has 3 rings (SSSR count). The first kappa shape index (κ1) is 16.8. The topological polar surface area (TPSA) is 49.4 Å². The highest BCUT2D eigenvalue weighted by Gasteiger charge is 2.17. The molecule has 0 spiro atoms. The van der Waals surface area contributed by atoms with Crippen LogP contribution in [0.3, 0.4) is 0 Å². The van der Waals surface area contributed by atoms with E-state index in [-0.39, 0.29) is 4.90 Å². The van der Waals surface area contributed by atoms with Crippen molar-refractivity contribution in [2.75, 3.05) is 22.7 Å². The van der Waals surface area contributed by atoms with E-state index in [0.29, 0.717) is 5.69 Å². The molecule has 5 heteroatoms. The maximum atomic E-state index is 12.5. The van der Waals surface area contributed by atoms with Crippen LogP contribution in [-0.2, 0) is 10.0 Å². The fourth-order valence-electron chi connectivity index (χ4n) is 3.00. The smallest absolute Gasteiger partial charge is 0.261 e. The van der Waals surface area contributed by atoms with Gasteiger partial charge in [-0.1, -0.05) is 19.1 Å². The minimum Gasteiger partial charge on any atom is -0.372 e. The third kappa shape index (κ3) is 3.90. The van der Waals surface area contributed by atoms with E-state index in [1.807, 2.05) is 37.3 Å². The third-order valence-corrected chi connectivity index (χ3v) is 5.95. The summed E-state index contributed by atoms with van der Waals surface area (Å²) in [6, 6.07) is 14.6. The Labute approximate surface area is 144 Å². The number of benzene rings is 2. The first-order valence-corrected chi connectivity index (χ1v) is 9.87. The summed E-state index contributed by atoms with van der Waals surface area (Å²) < 4.78 is 27.6. The SMILES string of the molecule is Cc1cccc(S(=O)(=O)Nc2ccc(N3CCC(C)CC3)cc2)c1. The van der Waals surface area contributed by atoms with Crippen LogP contribution in [0.1, 0.15) is 25.3 Å². The van der Waals surface area contributed by atoms with Crippen LogP contribution < -0.4 is 9.62 Å². The highest BCUT2D eigenvalue weighted by Crippen LogP contribution is 2.25. The van der Waals surface area contributed by atoms with Crippen LogP contribution in [0.4, 0.5) is 11.4 Å². The molecule has 1 fully saturated rings. The van der Waals surface area contributed by atoms with E-state index < -0.39 is 10.0 Å². The van der Waals surface area contributed by atoms with Crippen molar-refractivity contribution >= 4 is 21.4 Å². The standard InChI is InChI=1S/C19H24N2O2S/c1-15-10-12-21(13-11-15)18-8-6-17(7-9-18)20-24(22,23)19-5-3-4-16(2)14-19/h3-9,14-15,20H,10-13H2,1-2H3. The van der Waals surface area contributed by atoms with Crippen LogP contribution >= 0.6 is 0 Å². The lowest BCUT2D eigenvalue weighted by Gasteiger charge is -2.32. The monoisotopic (exact) mass is 344 g/mol. The van der Waals surface area contributed by atoms with Gasteiger partial charge in [-0.25, -0.2) is 8.42 Å². The highest BCUT2D eigenvalue weighted by atomic mass is 32.2. The summed E-state index contributed by atoms with van der Waals surface area (Å²) in [6.07, 6.45) is 2.42. The molecule has 24 heavy (non-hydrogen) atoms. The van der Waals surface area contributed by atoms with Gasteiger partial charge in [0.1, 0.15) is 0 Å². The van der Waals surface area contributed by atoms with Gasteiger partial charge in [-0.05, 0) is 67.6 Å². The van der Waals surface area contributed by atoms with Crippen molar-refractivity contribution < 1.29 is 8.42 Å². The number of aryl methyl sites for hydroxylation is 1. The zero-order valence-electron chi connectivity index (χ0n) is 14.2. The van der Waals surface area contributed by atoms with E-state index in [4.69, 9.17) is 0 Å². The van der Waals surface area contributed by atoms with Crippen LogP contribution in [0, 0.1) is 12.8 Å². The first-order chi connectivity index (χ1) is 11.4. The van der Waals surface area contributed by atoms with E-state index in [1.54, 1.807) is 18.2 Å². The number of rotatable bonds is 4. The molecule has 1 N–H and O–H groups in total. The Bertz CT molecular complexity index is 792. The van der Waals surface area contributed by atoms with Gasteiger partial charge in [-0.2, -0.15) is 0 Å². The molecule has 1 saturated heterocycles. The normalized spacial score (nSPS) is 16.2. The first-order valence-electron chi connectivity index (χ1n) is 8.38. The number of sulfonamides is 1. The summed E-state index contributed by atoms with van der Waals surface area (Å²) in [5.41, 5.74) is 2.67. The minimum absolute atomic E-state index is 0.289. The second kappa shape index (κ2) is 6.85. The van der Waals surface area contributed by atoms with Gasteiger partial charge in [0.25, 0.3) is 10.0 Å². The van der Waals surface area contributed by atoms with Crippen molar-refractivity contribution in [3.05, 3.63) is 54.1 Å². The summed E-state index contributed by atoms with van der Waals surface area (Å²) in [7, 11) is -3.54. The Hall–Kier alpha value is -2.01. The number of anilines is 2. The predicted octanol–water partition coefficient (Wildman–Crippen LogP) is 4.03. The van der Waals surface area contributed by atoms with Crippen LogP contribution in [0.25, 0.3) is 0 Å². The van der Waals surface area contributed by atoms with Crippen molar-refractivity contribution in [2.24, 2.45) is 5.92 Å². The molecule has 1 heterocycles.